The Hall–Kier alpha value is -0.900. The molecule has 0 radical (unpaired) electrons. The number of hydrogen-bond donors (Lipinski definition) is 1. The Morgan fingerprint density at radius 3 is 2.79 bits per heavy atom. The van der Waals surface area contributed by atoms with E-state index >= 15 is 0 Å². The summed E-state index contributed by atoms with van der Waals surface area (Å²) >= 11 is 3.38. The van der Waals surface area contributed by atoms with Crippen LogP contribution in [0.3, 0.4) is 0 Å². The van der Waals surface area contributed by atoms with Crippen molar-refractivity contribution in [3.63, 3.8) is 0 Å². The topological polar surface area (TPSA) is 50.2 Å². The lowest BCUT2D eigenvalue weighted by Crippen LogP contribution is -2.05. The van der Waals surface area contributed by atoms with Gasteiger partial charge in [-0.1, -0.05) is 6.92 Å². The number of carboxylic acids is 1. The van der Waals surface area contributed by atoms with Crippen LogP contribution in [0.2, 0.25) is 0 Å². The maximum atomic E-state index is 10.6. The molecule has 0 fully saturated rings. The highest BCUT2D eigenvalue weighted by Crippen LogP contribution is 2.29. The van der Waals surface area contributed by atoms with Crippen molar-refractivity contribution in [3.8, 4) is 0 Å². The van der Waals surface area contributed by atoms with E-state index in [9.17, 15) is 4.79 Å². The number of aryl methyl sites for hydroxylation is 1. The average Bonchev–Trinajstić information content (AvgIpc) is 2.01. The fourth-order valence-electron chi connectivity index (χ4n) is 1.53. The maximum absolute atomic E-state index is 10.6. The Bertz CT molecular complexity index is 332. The largest absolute Gasteiger partial charge is 0.481 e. The summed E-state index contributed by atoms with van der Waals surface area (Å²) in [5.74, 6) is -0.773. The molecule has 1 atom stereocenters. The summed E-state index contributed by atoms with van der Waals surface area (Å²) in [7, 11) is 0. The van der Waals surface area contributed by atoms with E-state index in [1.165, 1.54) is 0 Å². The zero-order valence-electron chi connectivity index (χ0n) is 8.12. The van der Waals surface area contributed by atoms with E-state index in [-0.39, 0.29) is 12.3 Å². The summed E-state index contributed by atoms with van der Waals surface area (Å²) in [5.41, 5.74) is 2.05. The molecule has 1 N–H and O–H groups in total. The highest BCUT2D eigenvalue weighted by molar-refractivity contribution is 9.10. The number of nitrogens with zero attached hydrogens (tertiary/aromatic N) is 1. The smallest absolute Gasteiger partial charge is 0.303 e. The van der Waals surface area contributed by atoms with Gasteiger partial charge >= 0.3 is 5.97 Å². The van der Waals surface area contributed by atoms with Crippen molar-refractivity contribution in [2.24, 2.45) is 0 Å². The van der Waals surface area contributed by atoms with Gasteiger partial charge in [0.2, 0.25) is 0 Å². The van der Waals surface area contributed by atoms with Crippen LogP contribution in [0.15, 0.2) is 16.9 Å². The van der Waals surface area contributed by atoms with Crippen molar-refractivity contribution in [2.45, 2.75) is 26.2 Å². The number of aromatic nitrogens is 1. The van der Waals surface area contributed by atoms with Crippen LogP contribution in [0.25, 0.3) is 0 Å². The van der Waals surface area contributed by atoms with Gasteiger partial charge in [-0.2, -0.15) is 0 Å². The van der Waals surface area contributed by atoms with Crippen LogP contribution >= 0.6 is 15.9 Å². The minimum atomic E-state index is -0.777. The first-order chi connectivity index (χ1) is 6.52. The minimum Gasteiger partial charge on any atom is -0.481 e. The summed E-state index contributed by atoms with van der Waals surface area (Å²) < 4.78 is 0.881. The molecule has 0 bridgehead atoms. The van der Waals surface area contributed by atoms with Crippen LogP contribution in [0.4, 0.5) is 0 Å². The molecular weight excluding hydrogens is 246 g/mol. The van der Waals surface area contributed by atoms with E-state index in [0.717, 1.165) is 15.6 Å². The molecule has 1 rings (SSSR count). The van der Waals surface area contributed by atoms with Gasteiger partial charge in [0.1, 0.15) is 0 Å². The van der Waals surface area contributed by atoms with Gasteiger partial charge in [-0.3, -0.25) is 9.78 Å². The van der Waals surface area contributed by atoms with E-state index < -0.39 is 5.97 Å². The predicted molar refractivity (Wildman–Crippen MR) is 57.3 cm³/mol. The van der Waals surface area contributed by atoms with Crippen molar-refractivity contribution >= 4 is 21.9 Å². The van der Waals surface area contributed by atoms with Crippen LogP contribution in [0.5, 0.6) is 0 Å². The summed E-state index contributed by atoms with van der Waals surface area (Å²) in [5, 5.41) is 8.70. The first-order valence-corrected chi connectivity index (χ1v) is 5.13. The quantitative estimate of drug-likeness (QED) is 0.906. The van der Waals surface area contributed by atoms with E-state index in [1.807, 2.05) is 13.8 Å². The van der Waals surface area contributed by atoms with E-state index in [1.54, 1.807) is 12.4 Å². The van der Waals surface area contributed by atoms with Gasteiger partial charge in [0.25, 0.3) is 0 Å². The SMILES string of the molecule is Cc1cncc(Br)c1C(C)CC(=O)O. The predicted octanol–water partition coefficient (Wildman–Crippen LogP) is 2.73. The molecular formula is C10H12BrNO2. The Labute approximate surface area is 91.3 Å². The zero-order chi connectivity index (χ0) is 10.7. The lowest BCUT2D eigenvalue weighted by molar-refractivity contribution is -0.137. The molecule has 0 amide bonds. The van der Waals surface area contributed by atoms with E-state index in [2.05, 4.69) is 20.9 Å². The standard InChI is InChI=1S/C10H12BrNO2/c1-6(3-9(13)14)10-7(2)4-12-5-8(10)11/h4-6H,3H2,1-2H3,(H,13,14). The summed E-state index contributed by atoms with van der Waals surface area (Å²) in [6.07, 6.45) is 3.59. The van der Waals surface area contributed by atoms with Crippen molar-refractivity contribution in [2.75, 3.05) is 0 Å². The van der Waals surface area contributed by atoms with Gasteiger partial charge in [0, 0.05) is 16.9 Å². The first kappa shape index (κ1) is 11.2. The fraction of sp³-hybridized carbons (Fsp3) is 0.400. The average molecular weight is 258 g/mol. The molecule has 0 aliphatic rings. The molecule has 0 saturated heterocycles. The van der Waals surface area contributed by atoms with Gasteiger partial charge in [0.05, 0.1) is 6.42 Å². The molecule has 76 valence electrons. The van der Waals surface area contributed by atoms with Gasteiger partial charge in [-0.25, -0.2) is 0 Å². The second kappa shape index (κ2) is 4.55. The van der Waals surface area contributed by atoms with Crippen LogP contribution in [-0.4, -0.2) is 16.1 Å². The zero-order valence-corrected chi connectivity index (χ0v) is 9.71. The van der Waals surface area contributed by atoms with Crippen LogP contribution in [0, 0.1) is 6.92 Å². The third-order valence-electron chi connectivity index (χ3n) is 2.11. The van der Waals surface area contributed by atoms with Gasteiger partial charge < -0.3 is 5.11 Å². The van der Waals surface area contributed by atoms with Crippen molar-refractivity contribution < 1.29 is 9.90 Å². The molecule has 1 aromatic rings. The Morgan fingerprint density at radius 2 is 2.29 bits per heavy atom. The Balaban J connectivity index is 2.99. The van der Waals surface area contributed by atoms with Gasteiger partial charge in [-0.15, -0.1) is 0 Å². The maximum Gasteiger partial charge on any atom is 0.303 e. The van der Waals surface area contributed by atoms with Gasteiger partial charge in [0.15, 0.2) is 0 Å². The lowest BCUT2D eigenvalue weighted by Gasteiger charge is -2.13. The third-order valence-corrected chi connectivity index (χ3v) is 2.74. The second-order valence-electron chi connectivity index (χ2n) is 3.35. The Kier molecular flexibility index (Phi) is 3.63. The molecule has 0 aliphatic heterocycles. The normalized spacial score (nSPS) is 12.5. The second-order valence-corrected chi connectivity index (χ2v) is 4.21. The van der Waals surface area contributed by atoms with E-state index in [0.29, 0.717) is 0 Å². The van der Waals surface area contributed by atoms with E-state index in [4.69, 9.17) is 5.11 Å². The molecule has 1 heterocycles. The summed E-state index contributed by atoms with van der Waals surface area (Å²) in [6.45, 7) is 3.84. The number of aliphatic carboxylic acids is 1. The Morgan fingerprint density at radius 1 is 1.64 bits per heavy atom. The number of halogens is 1. The molecule has 0 saturated carbocycles. The number of hydrogen-bond acceptors (Lipinski definition) is 2. The first-order valence-electron chi connectivity index (χ1n) is 4.34. The highest BCUT2D eigenvalue weighted by Gasteiger charge is 2.15. The molecule has 4 heteroatoms. The molecule has 1 unspecified atom stereocenters. The highest BCUT2D eigenvalue weighted by atomic mass is 79.9. The number of pyridine rings is 1. The summed E-state index contributed by atoms with van der Waals surface area (Å²) in [4.78, 5) is 14.6. The minimum absolute atomic E-state index is 0.00451. The van der Waals surface area contributed by atoms with Crippen molar-refractivity contribution in [3.05, 3.63) is 28.0 Å². The number of rotatable bonds is 3. The molecule has 0 aliphatic carbocycles. The molecule has 14 heavy (non-hydrogen) atoms. The fourth-order valence-corrected chi connectivity index (χ4v) is 2.35. The lowest BCUT2D eigenvalue weighted by atomic mass is 9.95. The number of carboxylic acid groups (broad SMARTS) is 1. The molecule has 0 aromatic carbocycles. The van der Waals surface area contributed by atoms with Crippen LogP contribution in [-0.2, 0) is 4.79 Å². The van der Waals surface area contributed by atoms with Crippen LogP contribution in [0.1, 0.15) is 30.4 Å². The van der Waals surface area contributed by atoms with Crippen molar-refractivity contribution in [1.82, 2.24) is 4.98 Å². The molecule has 0 spiro atoms. The summed E-state index contributed by atoms with van der Waals surface area (Å²) in [6, 6.07) is 0. The molecule has 1 aromatic heterocycles. The van der Waals surface area contributed by atoms with Crippen molar-refractivity contribution in [1.29, 1.82) is 0 Å². The monoisotopic (exact) mass is 257 g/mol. The molecule has 3 nitrogen and oxygen atoms in total. The number of carbonyl (C=O) groups is 1. The van der Waals surface area contributed by atoms with Crippen LogP contribution < -0.4 is 0 Å². The van der Waals surface area contributed by atoms with Gasteiger partial charge in [-0.05, 0) is 39.9 Å². The third kappa shape index (κ3) is 2.54.